The summed E-state index contributed by atoms with van der Waals surface area (Å²) in [6, 6.07) is 9.30. The van der Waals surface area contributed by atoms with Crippen LogP contribution < -0.4 is 20.5 Å². The number of piperidine rings is 1. The molecule has 1 aromatic carbocycles. The van der Waals surface area contributed by atoms with Gasteiger partial charge in [0, 0.05) is 30.9 Å². The Kier molecular flexibility index (Phi) is 5.53. The Morgan fingerprint density at radius 2 is 2.00 bits per heavy atom. The highest BCUT2D eigenvalue weighted by Gasteiger charge is 2.41. The zero-order valence-electron chi connectivity index (χ0n) is 16.8. The standard InChI is InChI=1S/C21H27N5O3/c1-28-17-5-3-4-13(8-17)12-26-15-6-7-16(26)10-14(9-15)24-19(27)18-11-23-21(22)25-20(18)29-2/h3-5,8,11,14-16H,6-7,9-10,12H2,1-2H3,(H,24,27)(H2,22,23,25). The first-order chi connectivity index (χ1) is 14.1. The van der Waals surface area contributed by atoms with Gasteiger partial charge >= 0.3 is 0 Å². The highest BCUT2D eigenvalue weighted by atomic mass is 16.5. The van der Waals surface area contributed by atoms with Crippen molar-refractivity contribution < 1.29 is 14.3 Å². The van der Waals surface area contributed by atoms with Crippen molar-refractivity contribution in [3.8, 4) is 11.6 Å². The highest BCUT2D eigenvalue weighted by Crippen LogP contribution is 2.37. The van der Waals surface area contributed by atoms with Crippen LogP contribution in [0.1, 0.15) is 41.6 Å². The molecule has 2 aliphatic heterocycles. The zero-order chi connectivity index (χ0) is 20.4. The highest BCUT2D eigenvalue weighted by molar-refractivity contribution is 5.96. The Bertz CT molecular complexity index is 876. The Labute approximate surface area is 170 Å². The molecule has 8 nitrogen and oxygen atoms in total. The van der Waals surface area contributed by atoms with E-state index in [-0.39, 0.29) is 23.8 Å². The second-order valence-corrected chi connectivity index (χ2v) is 7.70. The Hall–Kier alpha value is -2.87. The minimum atomic E-state index is -0.215. The van der Waals surface area contributed by atoms with Crippen LogP contribution in [0.2, 0.25) is 0 Å². The molecule has 2 atom stereocenters. The van der Waals surface area contributed by atoms with Gasteiger partial charge in [-0.2, -0.15) is 4.98 Å². The number of ether oxygens (including phenoxy) is 2. The number of rotatable bonds is 6. The maximum absolute atomic E-state index is 12.7. The van der Waals surface area contributed by atoms with Gasteiger partial charge in [-0.25, -0.2) is 4.98 Å². The van der Waals surface area contributed by atoms with Crippen LogP contribution in [0.5, 0.6) is 11.6 Å². The molecular formula is C21H27N5O3. The fourth-order valence-corrected chi connectivity index (χ4v) is 4.59. The monoisotopic (exact) mass is 397 g/mol. The number of anilines is 1. The minimum Gasteiger partial charge on any atom is -0.497 e. The lowest BCUT2D eigenvalue weighted by atomic mass is 9.96. The van der Waals surface area contributed by atoms with Crippen molar-refractivity contribution in [3.05, 3.63) is 41.6 Å². The molecule has 8 heteroatoms. The van der Waals surface area contributed by atoms with E-state index in [2.05, 4.69) is 32.3 Å². The van der Waals surface area contributed by atoms with Crippen LogP contribution in [0.4, 0.5) is 5.95 Å². The number of aromatic nitrogens is 2. The normalized spacial score (nSPS) is 23.6. The number of nitrogens with zero attached hydrogens (tertiary/aromatic N) is 3. The van der Waals surface area contributed by atoms with Crippen LogP contribution in [0.25, 0.3) is 0 Å². The predicted molar refractivity (Wildman–Crippen MR) is 109 cm³/mol. The third-order valence-electron chi connectivity index (χ3n) is 5.93. The van der Waals surface area contributed by atoms with E-state index >= 15 is 0 Å². The summed E-state index contributed by atoms with van der Waals surface area (Å²) in [5.74, 6) is 0.958. The molecule has 2 unspecified atom stereocenters. The van der Waals surface area contributed by atoms with Crippen molar-refractivity contribution in [1.29, 1.82) is 0 Å². The molecule has 1 amide bonds. The largest absolute Gasteiger partial charge is 0.497 e. The summed E-state index contributed by atoms with van der Waals surface area (Å²) in [5, 5.41) is 3.15. The Balaban J connectivity index is 1.40. The molecule has 2 saturated heterocycles. The van der Waals surface area contributed by atoms with Gasteiger partial charge < -0.3 is 20.5 Å². The molecule has 1 aromatic heterocycles. The smallest absolute Gasteiger partial charge is 0.258 e. The molecule has 2 aromatic rings. The summed E-state index contributed by atoms with van der Waals surface area (Å²) in [6.45, 7) is 0.910. The van der Waals surface area contributed by atoms with E-state index in [1.54, 1.807) is 7.11 Å². The van der Waals surface area contributed by atoms with Gasteiger partial charge in [0.05, 0.1) is 14.2 Å². The second-order valence-electron chi connectivity index (χ2n) is 7.70. The van der Waals surface area contributed by atoms with E-state index in [1.807, 2.05) is 12.1 Å². The Morgan fingerprint density at radius 1 is 1.24 bits per heavy atom. The number of carbonyl (C=O) groups excluding carboxylic acids is 1. The van der Waals surface area contributed by atoms with Crippen molar-refractivity contribution in [2.75, 3.05) is 20.0 Å². The number of hydrogen-bond donors (Lipinski definition) is 2. The third-order valence-corrected chi connectivity index (χ3v) is 5.93. The molecule has 3 N–H and O–H groups in total. The first-order valence-corrected chi connectivity index (χ1v) is 9.93. The van der Waals surface area contributed by atoms with Crippen LogP contribution in [0, 0.1) is 0 Å². The maximum Gasteiger partial charge on any atom is 0.258 e. The number of methoxy groups -OCH3 is 2. The van der Waals surface area contributed by atoms with Gasteiger partial charge in [0.1, 0.15) is 11.3 Å². The predicted octanol–water partition coefficient (Wildman–Crippen LogP) is 2.00. The molecule has 2 aliphatic rings. The second kappa shape index (κ2) is 8.24. The fraction of sp³-hybridized carbons (Fsp3) is 0.476. The van der Waals surface area contributed by atoms with E-state index in [9.17, 15) is 4.79 Å². The van der Waals surface area contributed by atoms with Crippen molar-refractivity contribution in [2.24, 2.45) is 0 Å². The fourth-order valence-electron chi connectivity index (χ4n) is 4.59. The number of amides is 1. The summed E-state index contributed by atoms with van der Waals surface area (Å²) in [6.07, 6.45) is 5.61. The van der Waals surface area contributed by atoms with Crippen LogP contribution in [-0.4, -0.2) is 53.1 Å². The van der Waals surface area contributed by atoms with Gasteiger partial charge in [0.25, 0.3) is 5.91 Å². The molecule has 4 rings (SSSR count). The lowest BCUT2D eigenvalue weighted by molar-refractivity contribution is 0.0824. The number of fused-ring (bicyclic) bond motifs is 2. The van der Waals surface area contributed by atoms with Crippen LogP contribution in [0.3, 0.4) is 0 Å². The molecule has 29 heavy (non-hydrogen) atoms. The van der Waals surface area contributed by atoms with E-state index in [0.29, 0.717) is 17.6 Å². The number of nitrogens with two attached hydrogens (primary N) is 1. The van der Waals surface area contributed by atoms with E-state index in [0.717, 1.165) is 38.0 Å². The molecule has 3 heterocycles. The summed E-state index contributed by atoms with van der Waals surface area (Å²) in [7, 11) is 3.16. The van der Waals surface area contributed by atoms with E-state index < -0.39 is 0 Å². The van der Waals surface area contributed by atoms with Gasteiger partial charge in [-0.1, -0.05) is 12.1 Å². The SMILES string of the molecule is COc1cccc(CN2C3CCC2CC(NC(=O)c2cnc(N)nc2OC)C3)c1. The molecule has 154 valence electrons. The average Bonchev–Trinajstić information content (AvgIpc) is 2.95. The van der Waals surface area contributed by atoms with Crippen molar-refractivity contribution in [3.63, 3.8) is 0 Å². The lowest BCUT2D eigenvalue weighted by Crippen LogP contribution is -2.50. The van der Waals surface area contributed by atoms with Crippen LogP contribution in [0.15, 0.2) is 30.5 Å². The number of nitrogens with one attached hydrogen (secondary N) is 1. The van der Waals surface area contributed by atoms with Gasteiger partial charge in [0.2, 0.25) is 11.8 Å². The van der Waals surface area contributed by atoms with Gasteiger partial charge in [-0.3, -0.25) is 9.69 Å². The summed E-state index contributed by atoms with van der Waals surface area (Å²) in [4.78, 5) is 23.2. The van der Waals surface area contributed by atoms with Crippen molar-refractivity contribution in [2.45, 2.75) is 50.4 Å². The summed E-state index contributed by atoms with van der Waals surface area (Å²) >= 11 is 0. The maximum atomic E-state index is 12.7. The lowest BCUT2D eigenvalue weighted by Gasteiger charge is -2.39. The first-order valence-electron chi connectivity index (χ1n) is 9.93. The molecule has 2 fully saturated rings. The van der Waals surface area contributed by atoms with Gasteiger partial charge in [-0.05, 0) is 43.4 Å². The number of hydrogen-bond acceptors (Lipinski definition) is 7. The zero-order valence-corrected chi connectivity index (χ0v) is 16.8. The van der Waals surface area contributed by atoms with E-state index in [4.69, 9.17) is 15.2 Å². The molecule has 2 bridgehead atoms. The minimum absolute atomic E-state index is 0.0855. The summed E-state index contributed by atoms with van der Waals surface area (Å²) in [5.41, 5.74) is 7.15. The van der Waals surface area contributed by atoms with E-state index in [1.165, 1.54) is 18.9 Å². The Morgan fingerprint density at radius 3 is 2.69 bits per heavy atom. The van der Waals surface area contributed by atoms with Crippen molar-refractivity contribution in [1.82, 2.24) is 20.2 Å². The number of carbonyl (C=O) groups is 1. The average molecular weight is 397 g/mol. The molecule has 0 radical (unpaired) electrons. The molecule has 0 aliphatic carbocycles. The quantitative estimate of drug-likeness (QED) is 0.768. The molecule has 0 spiro atoms. The number of benzene rings is 1. The molecule has 0 saturated carbocycles. The van der Waals surface area contributed by atoms with Crippen LogP contribution >= 0.6 is 0 Å². The number of nitrogen functional groups attached to an aromatic ring is 1. The third kappa shape index (κ3) is 4.12. The van der Waals surface area contributed by atoms with Gasteiger partial charge in [0.15, 0.2) is 0 Å². The van der Waals surface area contributed by atoms with Crippen LogP contribution in [-0.2, 0) is 6.54 Å². The summed E-state index contributed by atoms with van der Waals surface area (Å²) < 4.78 is 10.5. The first kappa shape index (κ1) is 19.4. The van der Waals surface area contributed by atoms with Gasteiger partial charge in [-0.15, -0.1) is 0 Å². The molecular weight excluding hydrogens is 370 g/mol. The topological polar surface area (TPSA) is 103 Å². The van der Waals surface area contributed by atoms with Crippen molar-refractivity contribution >= 4 is 11.9 Å².